The zero-order valence-electron chi connectivity index (χ0n) is 7.44. The lowest BCUT2D eigenvalue weighted by Gasteiger charge is -1.94. The Morgan fingerprint density at radius 1 is 1.57 bits per heavy atom. The fourth-order valence-electron chi connectivity index (χ4n) is 1.25. The molecular formula is C9H8N2O3. The Balaban J connectivity index is 2.67. The fraction of sp³-hybridized carbons (Fsp3) is 0.111. The lowest BCUT2D eigenvalue weighted by Crippen LogP contribution is -1.95. The molecule has 0 saturated heterocycles. The molecule has 1 aromatic carbocycles. The molecule has 2 N–H and O–H groups in total. The molecule has 2 rings (SSSR count). The van der Waals surface area contributed by atoms with Crippen molar-refractivity contribution in [2.75, 3.05) is 12.4 Å². The van der Waals surface area contributed by atoms with Gasteiger partial charge >= 0.3 is 5.97 Å². The predicted octanol–water partition coefficient (Wildman–Crippen LogP) is 1.57. The van der Waals surface area contributed by atoms with E-state index in [9.17, 15) is 4.79 Å². The highest BCUT2D eigenvalue weighted by Crippen LogP contribution is 2.23. The Bertz CT molecular complexity index is 490. The van der Waals surface area contributed by atoms with Crippen molar-refractivity contribution in [3.63, 3.8) is 0 Å². The molecule has 0 radical (unpaired) electrons. The summed E-state index contributed by atoms with van der Waals surface area (Å²) < 4.78 is 4.97. The van der Waals surface area contributed by atoms with Gasteiger partial charge in [0.2, 0.25) is 0 Å². The molecule has 0 amide bonds. The zero-order chi connectivity index (χ0) is 10.1. The maximum Gasteiger partial charge on any atom is 0.335 e. The summed E-state index contributed by atoms with van der Waals surface area (Å²) in [5, 5.41) is 16.0. The van der Waals surface area contributed by atoms with Gasteiger partial charge in [0, 0.05) is 7.05 Å². The topological polar surface area (TPSA) is 75.4 Å². The van der Waals surface area contributed by atoms with E-state index in [4.69, 9.17) is 9.63 Å². The first kappa shape index (κ1) is 8.55. The number of hydrogen-bond donors (Lipinski definition) is 2. The minimum Gasteiger partial charge on any atom is -0.478 e. The maximum atomic E-state index is 10.7. The van der Waals surface area contributed by atoms with Crippen LogP contribution >= 0.6 is 0 Å². The Morgan fingerprint density at radius 3 is 3.00 bits per heavy atom. The van der Waals surface area contributed by atoms with E-state index in [2.05, 4.69) is 10.5 Å². The van der Waals surface area contributed by atoms with Crippen molar-refractivity contribution < 1.29 is 14.4 Å². The number of aromatic carboxylic acids is 1. The molecule has 0 spiro atoms. The Kier molecular flexibility index (Phi) is 1.85. The summed E-state index contributed by atoms with van der Waals surface area (Å²) in [7, 11) is 1.70. The van der Waals surface area contributed by atoms with Crippen LogP contribution in [0.15, 0.2) is 22.7 Å². The lowest BCUT2D eigenvalue weighted by atomic mass is 10.1. The number of rotatable bonds is 2. The number of carboxylic acid groups (broad SMARTS) is 1. The molecule has 0 aliphatic rings. The first-order valence-electron chi connectivity index (χ1n) is 4.03. The van der Waals surface area contributed by atoms with Crippen LogP contribution in [0.3, 0.4) is 0 Å². The van der Waals surface area contributed by atoms with Gasteiger partial charge in [-0.25, -0.2) is 4.79 Å². The number of hydrogen-bond acceptors (Lipinski definition) is 4. The Labute approximate surface area is 79.3 Å². The normalized spacial score (nSPS) is 10.4. The van der Waals surface area contributed by atoms with Crippen molar-refractivity contribution in [2.45, 2.75) is 0 Å². The summed E-state index contributed by atoms with van der Waals surface area (Å²) in [5.74, 6) is -0.418. The van der Waals surface area contributed by atoms with Crippen LogP contribution in [0, 0.1) is 0 Å². The maximum absolute atomic E-state index is 10.7. The van der Waals surface area contributed by atoms with Crippen molar-refractivity contribution in [3.05, 3.63) is 23.8 Å². The highest BCUT2D eigenvalue weighted by molar-refractivity contribution is 5.96. The highest BCUT2D eigenvalue weighted by Gasteiger charge is 2.09. The van der Waals surface area contributed by atoms with Crippen LogP contribution in [0.2, 0.25) is 0 Å². The molecular weight excluding hydrogens is 184 g/mol. The van der Waals surface area contributed by atoms with E-state index in [0.717, 1.165) is 0 Å². The van der Waals surface area contributed by atoms with E-state index in [0.29, 0.717) is 16.8 Å². The van der Waals surface area contributed by atoms with Crippen molar-refractivity contribution >= 4 is 22.8 Å². The highest BCUT2D eigenvalue weighted by atomic mass is 16.5. The summed E-state index contributed by atoms with van der Waals surface area (Å²) >= 11 is 0. The largest absolute Gasteiger partial charge is 0.478 e. The number of carbonyl (C=O) groups is 1. The number of fused-ring (bicyclic) bond motifs is 1. The number of benzene rings is 1. The van der Waals surface area contributed by atoms with E-state index < -0.39 is 5.97 Å². The lowest BCUT2D eigenvalue weighted by molar-refractivity contribution is 0.0697. The van der Waals surface area contributed by atoms with Crippen molar-refractivity contribution in [3.8, 4) is 0 Å². The number of aromatic nitrogens is 1. The van der Waals surface area contributed by atoms with Crippen molar-refractivity contribution in [1.29, 1.82) is 0 Å². The van der Waals surface area contributed by atoms with Crippen molar-refractivity contribution in [2.24, 2.45) is 0 Å². The van der Waals surface area contributed by atoms with E-state index in [1.54, 1.807) is 13.1 Å². The molecule has 14 heavy (non-hydrogen) atoms. The number of nitrogens with zero attached hydrogens (tertiary/aromatic N) is 1. The third-order valence-electron chi connectivity index (χ3n) is 1.95. The van der Waals surface area contributed by atoms with Gasteiger partial charge in [-0.15, -0.1) is 0 Å². The monoisotopic (exact) mass is 192 g/mol. The van der Waals surface area contributed by atoms with Gasteiger partial charge in [-0.2, -0.15) is 0 Å². The molecule has 5 nitrogen and oxygen atoms in total. The molecule has 0 bridgehead atoms. The molecule has 0 atom stereocenters. The van der Waals surface area contributed by atoms with E-state index in [1.165, 1.54) is 12.1 Å². The number of nitrogens with one attached hydrogen (secondary N) is 1. The second kappa shape index (κ2) is 3.02. The number of anilines is 1. The zero-order valence-corrected chi connectivity index (χ0v) is 7.44. The number of carboxylic acids is 1. The molecule has 1 heterocycles. The molecule has 5 heteroatoms. The summed E-state index contributed by atoms with van der Waals surface area (Å²) in [5.41, 5.74) is 0.788. The smallest absolute Gasteiger partial charge is 0.335 e. The second-order valence-corrected chi connectivity index (χ2v) is 2.80. The van der Waals surface area contributed by atoms with E-state index >= 15 is 0 Å². The molecule has 0 fully saturated rings. The molecule has 0 aliphatic carbocycles. The molecule has 2 aromatic rings. The quantitative estimate of drug-likeness (QED) is 0.755. The molecule has 0 unspecified atom stereocenters. The average molecular weight is 192 g/mol. The van der Waals surface area contributed by atoms with Gasteiger partial charge < -0.3 is 14.9 Å². The molecule has 1 aromatic heterocycles. The van der Waals surface area contributed by atoms with Gasteiger partial charge in [0.25, 0.3) is 0 Å². The van der Waals surface area contributed by atoms with Gasteiger partial charge in [0.15, 0.2) is 11.4 Å². The van der Waals surface area contributed by atoms with Gasteiger partial charge in [-0.1, -0.05) is 5.16 Å². The van der Waals surface area contributed by atoms with Gasteiger partial charge in [0.05, 0.1) is 10.9 Å². The standard InChI is InChI=1S/C9H8N2O3/c1-10-8-6-4-5(9(12)13)2-3-7(6)14-11-8/h2-4H,1H3,(H,10,11)(H,12,13). The van der Waals surface area contributed by atoms with Crippen LogP contribution < -0.4 is 5.32 Å². The molecule has 72 valence electrons. The van der Waals surface area contributed by atoms with Gasteiger partial charge in [-0.3, -0.25) is 0 Å². The van der Waals surface area contributed by atoms with Crippen LogP contribution in [0.1, 0.15) is 10.4 Å². The van der Waals surface area contributed by atoms with E-state index in [-0.39, 0.29) is 5.56 Å². The third-order valence-corrected chi connectivity index (χ3v) is 1.95. The molecule has 0 aliphatic heterocycles. The summed E-state index contributed by atoms with van der Waals surface area (Å²) in [6, 6.07) is 4.60. The second-order valence-electron chi connectivity index (χ2n) is 2.80. The van der Waals surface area contributed by atoms with Crippen molar-refractivity contribution in [1.82, 2.24) is 5.16 Å². The fourth-order valence-corrected chi connectivity index (χ4v) is 1.25. The van der Waals surface area contributed by atoms with Gasteiger partial charge in [0.1, 0.15) is 0 Å². The Hall–Kier alpha value is -2.04. The van der Waals surface area contributed by atoms with Gasteiger partial charge in [-0.05, 0) is 18.2 Å². The van der Waals surface area contributed by atoms with Crippen LogP contribution in [0.5, 0.6) is 0 Å². The minimum atomic E-state index is -0.963. The first-order valence-corrected chi connectivity index (χ1v) is 4.03. The Morgan fingerprint density at radius 2 is 2.36 bits per heavy atom. The molecule has 0 saturated carbocycles. The third kappa shape index (κ3) is 1.19. The average Bonchev–Trinajstić information content (AvgIpc) is 2.59. The van der Waals surface area contributed by atoms with Crippen LogP contribution in [0.25, 0.3) is 11.0 Å². The first-order chi connectivity index (χ1) is 6.72. The minimum absolute atomic E-state index is 0.220. The van der Waals surface area contributed by atoms with Crippen LogP contribution in [-0.4, -0.2) is 23.3 Å². The summed E-state index contributed by atoms with van der Waals surface area (Å²) in [6.45, 7) is 0. The van der Waals surface area contributed by atoms with E-state index in [1.807, 2.05) is 0 Å². The van der Waals surface area contributed by atoms with Crippen LogP contribution in [-0.2, 0) is 0 Å². The summed E-state index contributed by atoms with van der Waals surface area (Å²) in [4.78, 5) is 10.7. The van der Waals surface area contributed by atoms with Crippen LogP contribution in [0.4, 0.5) is 5.82 Å². The predicted molar refractivity (Wildman–Crippen MR) is 50.5 cm³/mol. The summed E-state index contributed by atoms with van der Waals surface area (Å²) in [6.07, 6.45) is 0. The SMILES string of the molecule is CNc1noc2ccc(C(=O)O)cc12.